The molecule has 2 rings (SSSR count). The summed E-state index contributed by atoms with van der Waals surface area (Å²) in [6.07, 6.45) is 6.35. The minimum Gasteiger partial charge on any atom is -0.330 e. The molecule has 1 amide bonds. The minimum atomic E-state index is 0.0416. The molecular formula is C16H20BrN3O. The van der Waals surface area contributed by atoms with E-state index in [1.54, 1.807) is 6.20 Å². The van der Waals surface area contributed by atoms with Crippen molar-refractivity contribution >= 4 is 38.4 Å². The monoisotopic (exact) mass is 349 g/mol. The smallest absolute Gasteiger partial charge is 0.224 e. The van der Waals surface area contributed by atoms with E-state index in [1.165, 1.54) is 0 Å². The molecule has 1 aromatic carbocycles. The molecule has 0 fully saturated rings. The third-order valence-electron chi connectivity index (χ3n) is 3.31. The van der Waals surface area contributed by atoms with Crippen molar-refractivity contribution < 1.29 is 4.79 Å². The van der Waals surface area contributed by atoms with E-state index >= 15 is 0 Å². The summed E-state index contributed by atoms with van der Waals surface area (Å²) in [5.74, 6) is 0.0416. The average Bonchev–Trinajstić information content (AvgIpc) is 2.47. The fourth-order valence-electron chi connectivity index (χ4n) is 2.23. The Morgan fingerprint density at radius 2 is 2.05 bits per heavy atom. The molecule has 0 aliphatic heterocycles. The van der Waals surface area contributed by atoms with Crippen LogP contribution in [0.15, 0.2) is 34.9 Å². The number of para-hydroxylation sites is 1. The summed E-state index contributed by atoms with van der Waals surface area (Å²) >= 11 is 3.40. The van der Waals surface area contributed by atoms with Crippen LogP contribution >= 0.6 is 15.9 Å². The normalized spacial score (nSPS) is 10.8. The Morgan fingerprint density at radius 1 is 1.24 bits per heavy atom. The Hall–Kier alpha value is -1.46. The molecule has 2 aromatic rings. The van der Waals surface area contributed by atoms with Gasteiger partial charge in [0.05, 0.1) is 11.2 Å². The number of unbranched alkanes of at least 4 members (excludes halogenated alkanes) is 3. The number of halogens is 1. The number of amides is 1. The lowest BCUT2D eigenvalue weighted by Crippen LogP contribution is -2.11. The Kier molecular flexibility index (Phi) is 6.14. The minimum absolute atomic E-state index is 0.0416. The highest BCUT2D eigenvalue weighted by Crippen LogP contribution is 2.24. The van der Waals surface area contributed by atoms with E-state index in [0.29, 0.717) is 6.42 Å². The highest BCUT2D eigenvalue weighted by atomic mass is 79.9. The van der Waals surface area contributed by atoms with Crippen LogP contribution in [0, 0.1) is 0 Å². The molecule has 0 atom stereocenters. The van der Waals surface area contributed by atoms with Gasteiger partial charge in [-0.25, -0.2) is 0 Å². The van der Waals surface area contributed by atoms with Gasteiger partial charge in [0.1, 0.15) is 0 Å². The number of aromatic nitrogens is 1. The largest absolute Gasteiger partial charge is 0.330 e. The van der Waals surface area contributed by atoms with E-state index in [2.05, 4.69) is 26.2 Å². The molecule has 0 saturated heterocycles. The molecule has 1 aromatic heterocycles. The predicted octanol–water partition coefficient (Wildman–Crippen LogP) is 3.85. The van der Waals surface area contributed by atoms with Crippen LogP contribution in [-0.4, -0.2) is 17.4 Å². The number of carbonyl (C=O) groups excluding carboxylic acids is 1. The summed E-state index contributed by atoms with van der Waals surface area (Å²) in [5, 5.41) is 3.96. The molecule has 0 unspecified atom stereocenters. The van der Waals surface area contributed by atoms with E-state index in [0.717, 1.165) is 53.3 Å². The summed E-state index contributed by atoms with van der Waals surface area (Å²) in [7, 11) is 0. The van der Waals surface area contributed by atoms with Crippen LogP contribution in [0.1, 0.15) is 32.1 Å². The number of anilines is 1. The second-order valence-electron chi connectivity index (χ2n) is 5.03. The third-order valence-corrected chi connectivity index (χ3v) is 3.74. The highest BCUT2D eigenvalue weighted by Gasteiger charge is 2.07. The van der Waals surface area contributed by atoms with E-state index in [1.807, 2.05) is 24.3 Å². The van der Waals surface area contributed by atoms with Crippen LogP contribution < -0.4 is 11.1 Å². The van der Waals surface area contributed by atoms with Gasteiger partial charge in [-0.05, 0) is 47.4 Å². The zero-order valence-corrected chi connectivity index (χ0v) is 13.5. The predicted molar refractivity (Wildman–Crippen MR) is 90.2 cm³/mol. The molecule has 0 radical (unpaired) electrons. The lowest BCUT2D eigenvalue weighted by atomic mass is 10.1. The van der Waals surface area contributed by atoms with Crippen molar-refractivity contribution in [1.29, 1.82) is 0 Å². The van der Waals surface area contributed by atoms with Crippen molar-refractivity contribution in [3.05, 3.63) is 34.9 Å². The van der Waals surface area contributed by atoms with Crippen molar-refractivity contribution in [2.45, 2.75) is 32.1 Å². The van der Waals surface area contributed by atoms with Gasteiger partial charge in [0, 0.05) is 22.5 Å². The molecule has 0 saturated carbocycles. The maximum absolute atomic E-state index is 12.0. The molecule has 3 N–H and O–H groups in total. The Balaban J connectivity index is 1.95. The third kappa shape index (κ3) is 4.79. The van der Waals surface area contributed by atoms with Crippen molar-refractivity contribution in [1.82, 2.24) is 4.98 Å². The number of rotatable bonds is 7. The second kappa shape index (κ2) is 8.10. The summed E-state index contributed by atoms with van der Waals surface area (Å²) in [6.45, 7) is 0.726. The number of hydrogen-bond acceptors (Lipinski definition) is 3. The quantitative estimate of drug-likeness (QED) is 0.746. The average molecular weight is 350 g/mol. The first-order valence-corrected chi connectivity index (χ1v) is 8.04. The van der Waals surface area contributed by atoms with Gasteiger partial charge >= 0.3 is 0 Å². The van der Waals surface area contributed by atoms with Crippen molar-refractivity contribution in [3.63, 3.8) is 0 Å². The SMILES string of the molecule is NCCCCCCC(=O)Nc1cccc2cc(Br)cnc12. The maximum atomic E-state index is 12.0. The standard InChI is InChI=1S/C16H20BrN3O/c17-13-10-12-6-5-7-14(16(12)19-11-13)20-15(21)8-3-1-2-4-9-18/h5-7,10-11H,1-4,8-9,18H2,(H,20,21). The van der Waals surface area contributed by atoms with Crippen LogP contribution in [0.4, 0.5) is 5.69 Å². The number of pyridine rings is 1. The first kappa shape index (κ1) is 15.9. The van der Waals surface area contributed by atoms with Gasteiger partial charge in [0.2, 0.25) is 5.91 Å². The van der Waals surface area contributed by atoms with Gasteiger partial charge in [0.15, 0.2) is 0 Å². The van der Waals surface area contributed by atoms with Crippen LogP contribution in [0.25, 0.3) is 10.9 Å². The fourth-order valence-corrected chi connectivity index (χ4v) is 2.58. The molecule has 4 nitrogen and oxygen atoms in total. The van der Waals surface area contributed by atoms with Crippen molar-refractivity contribution in [3.8, 4) is 0 Å². The topological polar surface area (TPSA) is 68.0 Å². The zero-order valence-electron chi connectivity index (χ0n) is 11.9. The van der Waals surface area contributed by atoms with E-state index < -0.39 is 0 Å². The van der Waals surface area contributed by atoms with Crippen LogP contribution in [0.2, 0.25) is 0 Å². The van der Waals surface area contributed by atoms with Crippen LogP contribution in [0.3, 0.4) is 0 Å². The molecule has 0 spiro atoms. The Morgan fingerprint density at radius 3 is 2.86 bits per heavy atom. The van der Waals surface area contributed by atoms with Gasteiger partial charge < -0.3 is 11.1 Å². The number of carbonyl (C=O) groups is 1. The van der Waals surface area contributed by atoms with E-state index in [-0.39, 0.29) is 5.91 Å². The summed E-state index contributed by atoms with van der Waals surface area (Å²) in [6, 6.07) is 7.78. The molecule has 1 heterocycles. The summed E-state index contributed by atoms with van der Waals surface area (Å²) in [4.78, 5) is 16.4. The van der Waals surface area contributed by atoms with Gasteiger partial charge in [0.25, 0.3) is 0 Å². The molecule has 0 bridgehead atoms. The molecular weight excluding hydrogens is 330 g/mol. The van der Waals surface area contributed by atoms with E-state index in [4.69, 9.17) is 5.73 Å². The van der Waals surface area contributed by atoms with Crippen molar-refractivity contribution in [2.75, 3.05) is 11.9 Å². The number of hydrogen-bond donors (Lipinski definition) is 2. The fraction of sp³-hybridized carbons (Fsp3) is 0.375. The zero-order chi connectivity index (χ0) is 15.1. The summed E-state index contributed by atoms with van der Waals surface area (Å²) in [5.41, 5.74) is 7.03. The lowest BCUT2D eigenvalue weighted by molar-refractivity contribution is -0.116. The number of fused-ring (bicyclic) bond motifs is 1. The first-order valence-electron chi connectivity index (χ1n) is 7.25. The van der Waals surface area contributed by atoms with E-state index in [9.17, 15) is 4.79 Å². The number of nitrogens with one attached hydrogen (secondary N) is 1. The summed E-state index contributed by atoms with van der Waals surface area (Å²) < 4.78 is 0.929. The van der Waals surface area contributed by atoms with Gasteiger partial charge in [-0.1, -0.05) is 25.0 Å². The number of nitrogens with zero attached hydrogens (tertiary/aromatic N) is 1. The Labute approximate surface area is 133 Å². The molecule has 5 heteroatoms. The molecule has 112 valence electrons. The number of nitrogens with two attached hydrogens (primary N) is 1. The number of benzene rings is 1. The molecule has 21 heavy (non-hydrogen) atoms. The maximum Gasteiger partial charge on any atom is 0.224 e. The van der Waals surface area contributed by atoms with Crippen molar-refractivity contribution in [2.24, 2.45) is 5.73 Å². The van der Waals surface area contributed by atoms with Crippen LogP contribution in [-0.2, 0) is 4.79 Å². The lowest BCUT2D eigenvalue weighted by Gasteiger charge is -2.08. The molecule has 0 aliphatic rings. The van der Waals surface area contributed by atoms with Gasteiger partial charge in [-0.15, -0.1) is 0 Å². The Bertz CT molecular complexity index is 615. The highest BCUT2D eigenvalue weighted by molar-refractivity contribution is 9.10. The second-order valence-corrected chi connectivity index (χ2v) is 5.95. The van der Waals surface area contributed by atoms with Crippen LogP contribution in [0.5, 0.6) is 0 Å². The van der Waals surface area contributed by atoms with Gasteiger partial charge in [-0.2, -0.15) is 0 Å². The van der Waals surface area contributed by atoms with Gasteiger partial charge in [-0.3, -0.25) is 9.78 Å². The first-order chi connectivity index (χ1) is 10.2. The molecule has 0 aliphatic carbocycles.